The van der Waals surface area contributed by atoms with Gasteiger partial charge in [0.05, 0.1) is 12.5 Å². The van der Waals surface area contributed by atoms with E-state index < -0.39 is 0 Å². The number of nitrogens with two attached hydrogens (primary N) is 1. The minimum Gasteiger partial charge on any atom is -0.347 e. The van der Waals surface area contributed by atoms with Gasteiger partial charge in [-0.1, -0.05) is 31.0 Å². The van der Waals surface area contributed by atoms with Gasteiger partial charge >= 0.3 is 0 Å². The van der Waals surface area contributed by atoms with Crippen molar-refractivity contribution in [1.82, 2.24) is 5.32 Å². The summed E-state index contributed by atoms with van der Waals surface area (Å²) in [4.78, 5) is 23.7. The minimum absolute atomic E-state index is 0.0169. The molecule has 0 saturated heterocycles. The number of carbonyl (C=O) groups excluding carboxylic acids is 2. The van der Waals surface area contributed by atoms with Crippen molar-refractivity contribution in [2.45, 2.75) is 31.7 Å². The van der Waals surface area contributed by atoms with Crippen LogP contribution in [0.3, 0.4) is 0 Å². The number of hydrogen-bond donors (Lipinski definition) is 3. The molecule has 0 aliphatic heterocycles. The summed E-state index contributed by atoms with van der Waals surface area (Å²) in [6.45, 7) is -0.0169. The van der Waals surface area contributed by atoms with Gasteiger partial charge in [0.1, 0.15) is 0 Å². The molecule has 0 unspecified atom stereocenters. The first-order valence-corrected chi connectivity index (χ1v) is 7.05. The SMILES string of the molecule is N[C@H]1CCCC[C@H]1C(=O)NCC(=O)Nc1ccccc1. The zero-order valence-corrected chi connectivity index (χ0v) is 11.5. The smallest absolute Gasteiger partial charge is 0.243 e. The number of carbonyl (C=O) groups is 2. The summed E-state index contributed by atoms with van der Waals surface area (Å²) < 4.78 is 0. The molecule has 1 saturated carbocycles. The number of para-hydroxylation sites is 1. The number of nitrogens with one attached hydrogen (secondary N) is 2. The maximum atomic E-state index is 12.0. The van der Waals surface area contributed by atoms with Crippen LogP contribution in [0.1, 0.15) is 25.7 Å². The van der Waals surface area contributed by atoms with E-state index in [2.05, 4.69) is 10.6 Å². The normalized spacial score (nSPS) is 22.1. The van der Waals surface area contributed by atoms with Crippen LogP contribution >= 0.6 is 0 Å². The fraction of sp³-hybridized carbons (Fsp3) is 0.467. The zero-order chi connectivity index (χ0) is 14.4. The van der Waals surface area contributed by atoms with Crippen LogP contribution in [0.15, 0.2) is 30.3 Å². The van der Waals surface area contributed by atoms with Crippen molar-refractivity contribution >= 4 is 17.5 Å². The highest BCUT2D eigenvalue weighted by Crippen LogP contribution is 2.22. The molecule has 4 N–H and O–H groups in total. The third kappa shape index (κ3) is 4.06. The average Bonchev–Trinajstić information content (AvgIpc) is 2.46. The van der Waals surface area contributed by atoms with Crippen molar-refractivity contribution in [2.75, 3.05) is 11.9 Å². The van der Waals surface area contributed by atoms with E-state index in [-0.39, 0.29) is 30.3 Å². The van der Waals surface area contributed by atoms with Crippen LogP contribution in [0.5, 0.6) is 0 Å². The summed E-state index contributed by atoms with van der Waals surface area (Å²) in [5.74, 6) is -0.498. The highest BCUT2D eigenvalue weighted by molar-refractivity contribution is 5.94. The second-order valence-electron chi connectivity index (χ2n) is 5.19. The zero-order valence-electron chi connectivity index (χ0n) is 11.5. The monoisotopic (exact) mass is 275 g/mol. The van der Waals surface area contributed by atoms with E-state index in [9.17, 15) is 9.59 Å². The largest absolute Gasteiger partial charge is 0.347 e. The molecule has 108 valence electrons. The number of amides is 2. The molecule has 2 amide bonds. The molecule has 0 aromatic heterocycles. The highest BCUT2D eigenvalue weighted by Gasteiger charge is 2.28. The Bertz CT molecular complexity index is 461. The molecule has 0 heterocycles. The molecule has 1 aromatic rings. The van der Waals surface area contributed by atoms with E-state index in [1.54, 1.807) is 12.1 Å². The second-order valence-corrected chi connectivity index (χ2v) is 5.19. The van der Waals surface area contributed by atoms with Crippen molar-refractivity contribution < 1.29 is 9.59 Å². The standard InChI is InChI=1S/C15H21N3O2/c16-13-9-5-4-8-12(13)15(20)17-10-14(19)18-11-6-2-1-3-7-11/h1-3,6-7,12-13H,4-5,8-10,16H2,(H,17,20)(H,18,19)/t12-,13+/m1/s1. The van der Waals surface area contributed by atoms with Crippen LogP contribution in [-0.2, 0) is 9.59 Å². The van der Waals surface area contributed by atoms with Crippen molar-refractivity contribution in [3.05, 3.63) is 30.3 Å². The highest BCUT2D eigenvalue weighted by atomic mass is 16.2. The van der Waals surface area contributed by atoms with Gasteiger partial charge in [-0.3, -0.25) is 9.59 Å². The number of anilines is 1. The number of rotatable bonds is 4. The Kier molecular flexibility index (Phi) is 5.12. The molecule has 2 atom stereocenters. The molecule has 5 nitrogen and oxygen atoms in total. The van der Waals surface area contributed by atoms with E-state index in [1.807, 2.05) is 18.2 Å². The van der Waals surface area contributed by atoms with Crippen LogP contribution in [-0.4, -0.2) is 24.4 Å². The summed E-state index contributed by atoms with van der Waals surface area (Å²) >= 11 is 0. The van der Waals surface area contributed by atoms with Crippen molar-refractivity contribution in [3.63, 3.8) is 0 Å². The van der Waals surface area contributed by atoms with E-state index in [0.717, 1.165) is 31.4 Å². The quantitative estimate of drug-likeness (QED) is 0.773. The lowest BCUT2D eigenvalue weighted by atomic mass is 9.84. The van der Waals surface area contributed by atoms with E-state index in [1.165, 1.54) is 0 Å². The van der Waals surface area contributed by atoms with Crippen LogP contribution in [0.4, 0.5) is 5.69 Å². The number of benzene rings is 1. The predicted octanol–water partition coefficient (Wildman–Crippen LogP) is 1.26. The molecule has 1 aliphatic rings. The molecule has 0 radical (unpaired) electrons. The lowest BCUT2D eigenvalue weighted by Gasteiger charge is -2.27. The Labute approximate surface area is 118 Å². The van der Waals surface area contributed by atoms with E-state index >= 15 is 0 Å². The summed E-state index contributed by atoms with van der Waals surface area (Å²) in [7, 11) is 0. The van der Waals surface area contributed by atoms with Gasteiger partial charge in [0.2, 0.25) is 11.8 Å². The summed E-state index contributed by atoms with van der Waals surface area (Å²) in [5.41, 5.74) is 6.67. The fourth-order valence-corrected chi connectivity index (χ4v) is 2.51. The lowest BCUT2D eigenvalue weighted by molar-refractivity contribution is -0.128. The van der Waals surface area contributed by atoms with Crippen molar-refractivity contribution in [2.24, 2.45) is 11.7 Å². The van der Waals surface area contributed by atoms with Crippen molar-refractivity contribution in [1.29, 1.82) is 0 Å². The third-order valence-electron chi connectivity index (χ3n) is 3.64. The summed E-state index contributed by atoms with van der Waals surface area (Å²) in [5, 5.41) is 5.40. The molecule has 20 heavy (non-hydrogen) atoms. The van der Waals surface area contributed by atoms with Gasteiger partial charge in [-0.2, -0.15) is 0 Å². The first-order chi connectivity index (χ1) is 9.66. The van der Waals surface area contributed by atoms with Gasteiger partial charge in [0.15, 0.2) is 0 Å². The van der Waals surface area contributed by atoms with Crippen LogP contribution in [0.2, 0.25) is 0 Å². The maximum Gasteiger partial charge on any atom is 0.243 e. The Morgan fingerprint density at radius 2 is 1.85 bits per heavy atom. The predicted molar refractivity (Wildman–Crippen MR) is 78.0 cm³/mol. The summed E-state index contributed by atoms with van der Waals surface area (Å²) in [6, 6.07) is 9.08. The Morgan fingerprint density at radius 1 is 1.15 bits per heavy atom. The van der Waals surface area contributed by atoms with Crippen molar-refractivity contribution in [3.8, 4) is 0 Å². The molecule has 2 rings (SSSR count). The molecule has 1 aromatic carbocycles. The van der Waals surface area contributed by atoms with Gasteiger partial charge in [0.25, 0.3) is 0 Å². The fourth-order valence-electron chi connectivity index (χ4n) is 2.51. The van der Waals surface area contributed by atoms with Gasteiger partial charge in [-0.05, 0) is 25.0 Å². The van der Waals surface area contributed by atoms with Gasteiger partial charge in [0, 0.05) is 11.7 Å². The Hall–Kier alpha value is -1.88. The third-order valence-corrected chi connectivity index (χ3v) is 3.64. The molecule has 5 heteroatoms. The molecular formula is C15H21N3O2. The van der Waals surface area contributed by atoms with Gasteiger partial charge < -0.3 is 16.4 Å². The maximum absolute atomic E-state index is 12.0. The second kappa shape index (κ2) is 7.05. The van der Waals surface area contributed by atoms with E-state index in [4.69, 9.17) is 5.73 Å². The first kappa shape index (κ1) is 14.5. The Balaban J connectivity index is 1.76. The van der Waals surface area contributed by atoms with Gasteiger partial charge in [-0.15, -0.1) is 0 Å². The van der Waals surface area contributed by atoms with Crippen LogP contribution < -0.4 is 16.4 Å². The Morgan fingerprint density at radius 3 is 2.55 bits per heavy atom. The molecule has 1 fully saturated rings. The molecule has 0 spiro atoms. The van der Waals surface area contributed by atoms with Crippen LogP contribution in [0.25, 0.3) is 0 Å². The molecule has 0 bridgehead atoms. The molecule has 1 aliphatic carbocycles. The van der Waals surface area contributed by atoms with Gasteiger partial charge in [-0.25, -0.2) is 0 Å². The van der Waals surface area contributed by atoms with E-state index in [0.29, 0.717) is 0 Å². The number of hydrogen-bond acceptors (Lipinski definition) is 3. The average molecular weight is 275 g/mol. The van der Waals surface area contributed by atoms with Crippen LogP contribution in [0, 0.1) is 5.92 Å². The molecular weight excluding hydrogens is 254 g/mol. The lowest BCUT2D eigenvalue weighted by Crippen LogP contribution is -2.45. The minimum atomic E-state index is -0.228. The first-order valence-electron chi connectivity index (χ1n) is 7.05. The topological polar surface area (TPSA) is 84.2 Å². The summed E-state index contributed by atoms with van der Waals surface area (Å²) in [6.07, 6.45) is 3.81.